The minimum atomic E-state index is -0.533. The number of benzene rings is 1. The van der Waals surface area contributed by atoms with E-state index in [4.69, 9.17) is 5.73 Å². The first kappa shape index (κ1) is 16.8. The minimum Gasteiger partial charge on any atom is -0.327 e. The predicted octanol–water partition coefficient (Wildman–Crippen LogP) is 4.99. The monoisotopic (exact) mass is 313 g/mol. The first-order valence-electron chi connectivity index (χ1n) is 7.70. The van der Waals surface area contributed by atoms with Crippen LogP contribution in [0.2, 0.25) is 0 Å². The van der Waals surface area contributed by atoms with Crippen LogP contribution < -0.4 is 5.73 Å². The van der Waals surface area contributed by atoms with Crippen molar-refractivity contribution < 1.29 is 8.78 Å². The van der Waals surface area contributed by atoms with E-state index >= 15 is 0 Å². The summed E-state index contributed by atoms with van der Waals surface area (Å²) >= 11 is 1.47. The van der Waals surface area contributed by atoms with Gasteiger partial charge in [0.2, 0.25) is 0 Å². The molecule has 2 rings (SSSR count). The molecule has 0 radical (unpaired) electrons. The van der Waals surface area contributed by atoms with Crippen LogP contribution in [0.15, 0.2) is 23.1 Å². The van der Waals surface area contributed by atoms with Crippen molar-refractivity contribution in [3.8, 4) is 0 Å². The van der Waals surface area contributed by atoms with Gasteiger partial charge < -0.3 is 5.73 Å². The zero-order valence-electron chi connectivity index (χ0n) is 13.0. The number of nitrogens with two attached hydrogens (primary N) is 1. The SMILES string of the molecule is CCC(C)(C)C1CCC(N)C(Sc2ccc(F)cc2F)C1. The van der Waals surface area contributed by atoms with Crippen molar-refractivity contribution in [3.63, 3.8) is 0 Å². The topological polar surface area (TPSA) is 26.0 Å². The fraction of sp³-hybridized carbons (Fsp3) is 0.647. The maximum atomic E-state index is 13.8. The summed E-state index contributed by atoms with van der Waals surface area (Å²) in [6, 6.07) is 3.87. The van der Waals surface area contributed by atoms with Gasteiger partial charge >= 0.3 is 0 Å². The van der Waals surface area contributed by atoms with E-state index in [1.165, 1.54) is 23.9 Å². The van der Waals surface area contributed by atoms with Crippen LogP contribution in [0.5, 0.6) is 0 Å². The van der Waals surface area contributed by atoms with E-state index < -0.39 is 11.6 Å². The van der Waals surface area contributed by atoms with E-state index in [2.05, 4.69) is 20.8 Å². The second-order valence-electron chi connectivity index (χ2n) is 6.75. The van der Waals surface area contributed by atoms with Gasteiger partial charge in [-0.1, -0.05) is 27.2 Å². The van der Waals surface area contributed by atoms with Crippen LogP contribution in [0, 0.1) is 23.0 Å². The lowest BCUT2D eigenvalue weighted by atomic mass is 9.69. The van der Waals surface area contributed by atoms with Crippen LogP contribution in [0.25, 0.3) is 0 Å². The fourth-order valence-electron chi connectivity index (χ4n) is 3.02. The van der Waals surface area contributed by atoms with E-state index in [0.29, 0.717) is 16.2 Å². The Labute approximate surface area is 130 Å². The molecular weight excluding hydrogens is 288 g/mol. The summed E-state index contributed by atoms with van der Waals surface area (Å²) in [5, 5.41) is 0.203. The number of halogens is 2. The van der Waals surface area contributed by atoms with Gasteiger partial charge in [-0.25, -0.2) is 8.78 Å². The molecule has 1 fully saturated rings. The second kappa shape index (κ2) is 6.66. The molecule has 1 aliphatic carbocycles. The van der Waals surface area contributed by atoms with Crippen LogP contribution in [-0.2, 0) is 0 Å². The molecule has 21 heavy (non-hydrogen) atoms. The summed E-state index contributed by atoms with van der Waals surface area (Å²) in [6.07, 6.45) is 4.26. The highest BCUT2D eigenvalue weighted by molar-refractivity contribution is 8.00. The van der Waals surface area contributed by atoms with Gasteiger partial charge in [0.1, 0.15) is 11.6 Å². The van der Waals surface area contributed by atoms with Gasteiger partial charge in [-0.3, -0.25) is 0 Å². The summed E-state index contributed by atoms with van der Waals surface area (Å²) in [7, 11) is 0. The molecule has 2 N–H and O–H groups in total. The van der Waals surface area contributed by atoms with Crippen LogP contribution in [-0.4, -0.2) is 11.3 Å². The molecule has 0 aliphatic heterocycles. The Morgan fingerprint density at radius 1 is 1.29 bits per heavy atom. The van der Waals surface area contributed by atoms with Gasteiger partial charge in [0, 0.05) is 22.3 Å². The largest absolute Gasteiger partial charge is 0.327 e. The highest BCUT2D eigenvalue weighted by Gasteiger charge is 2.36. The van der Waals surface area contributed by atoms with E-state index in [0.717, 1.165) is 31.7 Å². The molecule has 0 aromatic heterocycles. The van der Waals surface area contributed by atoms with Crippen molar-refractivity contribution in [2.75, 3.05) is 0 Å². The average molecular weight is 313 g/mol. The summed E-state index contributed by atoms with van der Waals surface area (Å²) in [4.78, 5) is 0.506. The van der Waals surface area contributed by atoms with Gasteiger partial charge in [-0.15, -0.1) is 11.8 Å². The van der Waals surface area contributed by atoms with E-state index in [1.807, 2.05) is 0 Å². The molecule has 0 bridgehead atoms. The lowest BCUT2D eigenvalue weighted by Crippen LogP contribution is -2.42. The van der Waals surface area contributed by atoms with Crippen molar-refractivity contribution in [1.29, 1.82) is 0 Å². The molecular formula is C17H25F2NS. The van der Waals surface area contributed by atoms with Crippen molar-refractivity contribution in [2.45, 2.75) is 62.6 Å². The standard InChI is InChI=1S/C17H25F2NS/c1-4-17(2,3)11-5-7-14(20)16(9-11)21-15-8-6-12(18)10-13(15)19/h6,8,10-11,14,16H,4-5,7,9,20H2,1-3H3. The second-order valence-corrected chi connectivity index (χ2v) is 8.03. The minimum absolute atomic E-state index is 0.0864. The Bertz CT molecular complexity index is 490. The Morgan fingerprint density at radius 2 is 2.00 bits per heavy atom. The van der Waals surface area contributed by atoms with E-state index in [9.17, 15) is 8.78 Å². The Morgan fingerprint density at radius 3 is 2.62 bits per heavy atom. The normalized spacial score (nSPS) is 26.9. The summed E-state index contributed by atoms with van der Waals surface area (Å²) in [6.45, 7) is 6.82. The van der Waals surface area contributed by atoms with Gasteiger partial charge in [0.15, 0.2) is 0 Å². The first-order chi connectivity index (χ1) is 9.83. The lowest BCUT2D eigenvalue weighted by Gasteiger charge is -2.41. The molecule has 3 atom stereocenters. The van der Waals surface area contributed by atoms with Gasteiger partial charge in [0.05, 0.1) is 0 Å². The molecule has 1 saturated carbocycles. The number of hydrogen-bond acceptors (Lipinski definition) is 2. The summed E-state index contributed by atoms with van der Waals surface area (Å²) < 4.78 is 26.8. The van der Waals surface area contributed by atoms with Gasteiger partial charge in [-0.05, 0) is 42.7 Å². The van der Waals surface area contributed by atoms with Crippen LogP contribution in [0.1, 0.15) is 46.5 Å². The van der Waals surface area contributed by atoms with Crippen molar-refractivity contribution in [1.82, 2.24) is 0 Å². The van der Waals surface area contributed by atoms with Crippen molar-refractivity contribution >= 4 is 11.8 Å². The third-order valence-electron chi connectivity index (χ3n) is 5.03. The van der Waals surface area contributed by atoms with Crippen molar-refractivity contribution in [2.24, 2.45) is 17.1 Å². The number of rotatable bonds is 4. The average Bonchev–Trinajstić information content (AvgIpc) is 2.43. The Hall–Kier alpha value is -0.610. The molecule has 0 spiro atoms. The molecule has 118 valence electrons. The van der Waals surface area contributed by atoms with Crippen LogP contribution in [0.3, 0.4) is 0 Å². The van der Waals surface area contributed by atoms with E-state index in [1.54, 1.807) is 0 Å². The van der Waals surface area contributed by atoms with Crippen LogP contribution in [0.4, 0.5) is 8.78 Å². The van der Waals surface area contributed by atoms with Crippen molar-refractivity contribution in [3.05, 3.63) is 29.8 Å². The van der Waals surface area contributed by atoms with E-state index in [-0.39, 0.29) is 11.3 Å². The molecule has 1 aromatic rings. The number of hydrogen-bond donors (Lipinski definition) is 1. The first-order valence-corrected chi connectivity index (χ1v) is 8.58. The van der Waals surface area contributed by atoms with Gasteiger partial charge in [0.25, 0.3) is 0 Å². The fourth-order valence-corrected chi connectivity index (χ4v) is 4.30. The maximum absolute atomic E-state index is 13.8. The van der Waals surface area contributed by atoms with Gasteiger partial charge in [-0.2, -0.15) is 0 Å². The molecule has 1 aromatic carbocycles. The molecule has 3 unspecified atom stereocenters. The molecule has 0 amide bonds. The summed E-state index contributed by atoms with van der Waals surface area (Å²) in [5.41, 5.74) is 6.53. The molecule has 0 heterocycles. The highest BCUT2D eigenvalue weighted by Crippen LogP contribution is 2.44. The highest BCUT2D eigenvalue weighted by atomic mass is 32.2. The predicted molar refractivity (Wildman–Crippen MR) is 85.4 cm³/mol. The zero-order valence-corrected chi connectivity index (χ0v) is 13.9. The maximum Gasteiger partial charge on any atom is 0.139 e. The summed E-state index contributed by atoms with van der Waals surface area (Å²) in [5.74, 6) is -0.401. The van der Waals surface area contributed by atoms with Crippen LogP contribution >= 0.6 is 11.8 Å². The third-order valence-corrected chi connectivity index (χ3v) is 6.46. The number of thioether (sulfide) groups is 1. The smallest absolute Gasteiger partial charge is 0.139 e. The quantitative estimate of drug-likeness (QED) is 0.847. The lowest BCUT2D eigenvalue weighted by molar-refractivity contribution is 0.148. The third kappa shape index (κ3) is 3.98. The molecule has 1 aliphatic rings. The Balaban J connectivity index is 2.10. The zero-order chi connectivity index (χ0) is 15.6. The molecule has 4 heteroatoms. The Kier molecular flexibility index (Phi) is 5.31. The molecule has 0 saturated heterocycles. The molecule has 1 nitrogen and oxygen atoms in total.